The number of carbonyl (C=O) groups is 1. The average molecular weight is 505 g/mol. The second-order valence-corrected chi connectivity index (χ2v) is 10.0. The first kappa shape index (κ1) is 24.0. The van der Waals surface area contributed by atoms with Gasteiger partial charge in [0.1, 0.15) is 19.0 Å². The van der Waals surface area contributed by atoms with Crippen molar-refractivity contribution in [3.05, 3.63) is 82.6 Å². The fourth-order valence-corrected chi connectivity index (χ4v) is 5.01. The molecule has 1 amide bonds. The Morgan fingerprint density at radius 2 is 1.76 bits per heavy atom. The Morgan fingerprint density at radius 1 is 1.06 bits per heavy atom. The van der Waals surface area contributed by atoms with Crippen LogP contribution in [0, 0.1) is 12.7 Å². The average Bonchev–Trinajstić information content (AvgIpc) is 2.81. The van der Waals surface area contributed by atoms with Gasteiger partial charge in [-0.25, -0.2) is 12.8 Å². The lowest BCUT2D eigenvalue weighted by molar-refractivity contribution is -0.116. The van der Waals surface area contributed by atoms with Crippen molar-refractivity contribution in [1.29, 1.82) is 0 Å². The predicted octanol–water partition coefficient (Wildman–Crippen LogP) is 4.39. The molecule has 1 aliphatic rings. The predicted molar refractivity (Wildman–Crippen MR) is 126 cm³/mol. The molecule has 34 heavy (non-hydrogen) atoms. The van der Waals surface area contributed by atoms with Crippen molar-refractivity contribution in [2.45, 2.75) is 18.4 Å². The molecule has 1 heterocycles. The highest BCUT2D eigenvalue weighted by Crippen LogP contribution is 2.32. The maximum absolute atomic E-state index is 14.5. The van der Waals surface area contributed by atoms with Gasteiger partial charge < -0.3 is 14.8 Å². The summed E-state index contributed by atoms with van der Waals surface area (Å²) < 4.78 is 53.1. The molecule has 10 heteroatoms. The van der Waals surface area contributed by atoms with Crippen LogP contribution in [0.15, 0.2) is 65.6 Å². The van der Waals surface area contributed by atoms with E-state index >= 15 is 0 Å². The first-order chi connectivity index (χ1) is 16.2. The summed E-state index contributed by atoms with van der Waals surface area (Å²) in [6.45, 7) is 1.67. The standard InChI is InChI=1S/C24H22ClFN2O5S/c1-16-5-8-18(9-6-16)34(30,31)28(14-19-20(25)3-2-4-21(19)26)15-24(29)27-17-7-10-22-23(13-17)33-12-11-32-22/h2-10,13H,11-12,14-15H2,1H3,(H,27,29). The molecule has 0 aromatic heterocycles. The van der Waals surface area contributed by atoms with Crippen molar-refractivity contribution in [2.24, 2.45) is 0 Å². The molecule has 3 aromatic carbocycles. The van der Waals surface area contributed by atoms with Crippen molar-refractivity contribution < 1.29 is 27.1 Å². The number of hydrogen-bond acceptors (Lipinski definition) is 5. The summed E-state index contributed by atoms with van der Waals surface area (Å²) in [7, 11) is -4.15. The van der Waals surface area contributed by atoms with Crippen molar-refractivity contribution in [3.63, 3.8) is 0 Å². The Hall–Kier alpha value is -3.14. The van der Waals surface area contributed by atoms with Gasteiger partial charge >= 0.3 is 0 Å². The minimum Gasteiger partial charge on any atom is -0.486 e. The number of hydrogen-bond donors (Lipinski definition) is 1. The number of ether oxygens (including phenoxy) is 2. The summed E-state index contributed by atoms with van der Waals surface area (Å²) in [6, 6.07) is 15.1. The first-order valence-electron chi connectivity index (χ1n) is 10.4. The van der Waals surface area contributed by atoms with Gasteiger partial charge in [0.25, 0.3) is 0 Å². The van der Waals surface area contributed by atoms with Crippen LogP contribution >= 0.6 is 11.6 Å². The molecule has 178 valence electrons. The number of nitrogens with one attached hydrogen (secondary N) is 1. The number of fused-ring (bicyclic) bond motifs is 1. The third-order valence-corrected chi connectivity index (χ3v) is 7.36. The van der Waals surface area contributed by atoms with E-state index in [2.05, 4.69) is 5.32 Å². The molecule has 4 rings (SSSR count). The van der Waals surface area contributed by atoms with E-state index in [4.69, 9.17) is 21.1 Å². The second kappa shape index (κ2) is 10.0. The minimum absolute atomic E-state index is 0.0160. The third kappa shape index (κ3) is 5.32. The molecule has 3 aromatic rings. The highest BCUT2D eigenvalue weighted by Gasteiger charge is 2.29. The normalized spacial score (nSPS) is 13.1. The van der Waals surface area contributed by atoms with Gasteiger partial charge in [0, 0.05) is 28.9 Å². The molecule has 7 nitrogen and oxygen atoms in total. The van der Waals surface area contributed by atoms with Crippen LogP contribution in [0.2, 0.25) is 5.02 Å². The van der Waals surface area contributed by atoms with E-state index in [0.29, 0.717) is 30.4 Å². The van der Waals surface area contributed by atoms with Crippen LogP contribution in [-0.4, -0.2) is 38.4 Å². The lowest BCUT2D eigenvalue weighted by Crippen LogP contribution is -2.38. The first-order valence-corrected chi connectivity index (χ1v) is 12.2. The number of nitrogens with zero attached hydrogens (tertiary/aromatic N) is 1. The highest BCUT2D eigenvalue weighted by molar-refractivity contribution is 7.89. The molecule has 1 aliphatic heterocycles. The van der Waals surface area contributed by atoms with Crippen LogP contribution in [0.5, 0.6) is 11.5 Å². The van der Waals surface area contributed by atoms with E-state index in [1.54, 1.807) is 30.3 Å². The molecule has 0 aliphatic carbocycles. The van der Waals surface area contributed by atoms with Crippen LogP contribution < -0.4 is 14.8 Å². The van der Waals surface area contributed by atoms with E-state index in [-0.39, 0.29) is 15.5 Å². The summed E-state index contributed by atoms with van der Waals surface area (Å²) in [5.41, 5.74) is 1.26. The summed E-state index contributed by atoms with van der Waals surface area (Å²) >= 11 is 6.14. The van der Waals surface area contributed by atoms with E-state index in [1.807, 2.05) is 6.92 Å². The number of amides is 1. The van der Waals surface area contributed by atoms with Gasteiger partial charge in [0.05, 0.1) is 11.4 Å². The third-order valence-electron chi connectivity index (χ3n) is 5.20. The van der Waals surface area contributed by atoms with Crippen molar-refractivity contribution in [3.8, 4) is 11.5 Å². The molecule has 0 atom stereocenters. The zero-order chi connectivity index (χ0) is 24.3. The van der Waals surface area contributed by atoms with Crippen LogP contribution in [0.3, 0.4) is 0 Å². The van der Waals surface area contributed by atoms with Crippen molar-refractivity contribution in [1.82, 2.24) is 4.31 Å². The van der Waals surface area contributed by atoms with Gasteiger partial charge in [-0.1, -0.05) is 35.4 Å². The highest BCUT2D eigenvalue weighted by atomic mass is 35.5. The number of aryl methyl sites for hydroxylation is 1. The zero-order valence-corrected chi connectivity index (χ0v) is 19.8. The minimum atomic E-state index is -4.15. The van der Waals surface area contributed by atoms with Gasteiger partial charge in [-0.15, -0.1) is 0 Å². The van der Waals surface area contributed by atoms with Crippen LogP contribution in [0.4, 0.5) is 10.1 Å². The maximum Gasteiger partial charge on any atom is 0.243 e. The Kier molecular flexibility index (Phi) is 7.06. The largest absolute Gasteiger partial charge is 0.486 e. The van der Waals surface area contributed by atoms with Crippen LogP contribution in [0.25, 0.3) is 0 Å². The summed E-state index contributed by atoms with van der Waals surface area (Å²) in [5, 5.41) is 2.73. The van der Waals surface area contributed by atoms with Gasteiger partial charge in [0.2, 0.25) is 15.9 Å². The lowest BCUT2D eigenvalue weighted by atomic mass is 10.2. The van der Waals surface area contributed by atoms with Crippen molar-refractivity contribution in [2.75, 3.05) is 25.1 Å². The molecule has 0 saturated carbocycles. The molecule has 0 bridgehead atoms. The molecule has 0 spiro atoms. The number of rotatable bonds is 7. The van der Waals surface area contributed by atoms with Crippen molar-refractivity contribution >= 4 is 33.2 Å². The second-order valence-electron chi connectivity index (χ2n) is 7.69. The van der Waals surface area contributed by atoms with Crippen LogP contribution in [0.1, 0.15) is 11.1 Å². The molecule has 1 N–H and O–H groups in total. The summed E-state index contributed by atoms with van der Waals surface area (Å²) in [4.78, 5) is 12.9. The number of carbonyl (C=O) groups excluding carboxylic acids is 1. The molecule has 0 saturated heterocycles. The van der Waals surface area contributed by atoms with Gasteiger partial charge in [-0.05, 0) is 43.3 Å². The Bertz CT molecular complexity index is 1300. The van der Waals surface area contributed by atoms with E-state index in [1.165, 1.54) is 30.3 Å². The maximum atomic E-state index is 14.5. The zero-order valence-electron chi connectivity index (χ0n) is 18.3. The Balaban J connectivity index is 1.61. The van der Waals surface area contributed by atoms with E-state index < -0.39 is 34.8 Å². The Labute approximate surface area is 202 Å². The number of benzene rings is 3. The summed E-state index contributed by atoms with van der Waals surface area (Å²) in [5.74, 6) is -0.239. The van der Waals surface area contributed by atoms with E-state index in [0.717, 1.165) is 9.87 Å². The molecule has 0 fully saturated rings. The fraction of sp³-hybridized carbons (Fsp3) is 0.208. The molecular formula is C24H22ClFN2O5S. The number of anilines is 1. The fourth-order valence-electron chi connectivity index (χ4n) is 3.43. The molecule has 0 unspecified atom stereocenters. The number of halogens is 2. The monoisotopic (exact) mass is 504 g/mol. The van der Waals surface area contributed by atoms with Gasteiger partial charge in [0.15, 0.2) is 11.5 Å². The topological polar surface area (TPSA) is 84.9 Å². The van der Waals surface area contributed by atoms with Crippen LogP contribution in [-0.2, 0) is 21.4 Å². The SMILES string of the molecule is Cc1ccc(S(=O)(=O)N(CC(=O)Nc2ccc3c(c2)OCCO3)Cc2c(F)cccc2Cl)cc1. The Morgan fingerprint density at radius 3 is 2.47 bits per heavy atom. The quantitative estimate of drug-likeness (QED) is 0.516. The number of sulfonamides is 1. The lowest BCUT2D eigenvalue weighted by Gasteiger charge is -2.23. The molecular weight excluding hydrogens is 483 g/mol. The van der Waals surface area contributed by atoms with Gasteiger partial charge in [-0.2, -0.15) is 4.31 Å². The van der Waals surface area contributed by atoms with Gasteiger partial charge in [-0.3, -0.25) is 4.79 Å². The van der Waals surface area contributed by atoms with E-state index in [9.17, 15) is 17.6 Å². The summed E-state index contributed by atoms with van der Waals surface area (Å²) in [6.07, 6.45) is 0. The molecule has 0 radical (unpaired) electrons. The smallest absolute Gasteiger partial charge is 0.243 e.